The van der Waals surface area contributed by atoms with E-state index in [1.54, 1.807) is 11.3 Å². The largest absolute Gasteiger partial charge is 0.151 e. The van der Waals surface area contributed by atoms with Crippen LogP contribution in [0.2, 0.25) is 0 Å². The first kappa shape index (κ1) is 9.62. The molecule has 68 valence electrons. The molecule has 2 heterocycles. The van der Waals surface area contributed by atoms with Crippen molar-refractivity contribution in [2.24, 2.45) is 0 Å². The highest BCUT2D eigenvalue weighted by Crippen LogP contribution is 2.04. The van der Waals surface area contributed by atoms with E-state index in [2.05, 4.69) is 44.6 Å². The van der Waals surface area contributed by atoms with Gasteiger partial charge in [0.1, 0.15) is 9.39 Å². The lowest BCUT2D eigenvalue weighted by Crippen LogP contribution is -1.88. The first-order valence-electron chi connectivity index (χ1n) is 3.88. The Kier molecular flexibility index (Phi) is 3.11. The van der Waals surface area contributed by atoms with Gasteiger partial charge in [0.2, 0.25) is 0 Å². The SMILES string of the molecule is Ic1ccc(C#Cc2ccsc2)nn1. The number of rotatable bonds is 0. The number of hydrogen-bond donors (Lipinski definition) is 0. The molecule has 0 aliphatic carbocycles. The zero-order chi connectivity index (χ0) is 9.80. The predicted octanol–water partition coefficient (Wildman–Crippen LogP) is 2.54. The Morgan fingerprint density at radius 2 is 2.07 bits per heavy atom. The molecule has 4 heteroatoms. The molecule has 0 amide bonds. The Morgan fingerprint density at radius 3 is 2.71 bits per heavy atom. The highest BCUT2D eigenvalue weighted by Gasteiger charge is 1.90. The van der Waals surface area contributed by atoms with Gasteiger partial charge in [-0.15, -0.1) is 10.2 Å². The standard InChI is InChI=1S/C10H5IN2S/c11-10-4-3-9(12-13-10)2-1-8-5-6-14-7-8/h3-7H. The first-order chi connectivity index (χ1) is 6.84. The maximum atomic E-state index is 3.95. The van der Waals surface area contributed by atoms with Crippen molar-refractivity contribution in [2.45, 2.75) is 0 Å². The second-order valence-corrected chi connectivity index (χ2v) is 4.39. The highest BCUT2D eigenvalue weighted by molar-refractivity contribution is 14.1. The fourth-order valence-corrected chi connectivity index (χ4v) is 1.73. The van der Waals surface area contributed by atoms with Gasteiger partial charge in [0, 0.05) is 10.9 Å². The minimum Gasteiger partial charge on any atom is -0.151 e. The molecule has 0 N–H and O–H groups in total. The van der Waals surface area contributed by atoms with E-state index in [0.29, 0.717) is 5.69 Å². The van der Waals surface area contributed by atoms with Gasteiger partial charge in [-0.1, -0.05) is 5.92 Å². The number of nitrogens with zero attached hydrogens (tertiary/aromatic N) is 2. The van der Waals surface area contributed by atoms with Crippen LogP contribution in [-0.4, -0.2) is 10.2 Å². The van der Waals surface area contributed by atoms with Gasteiger partial charge in [-0.3, -0.25) is 0 Å². The summed E-state index contributed by atoms with van der Waals surface area (Å²) in [5.41, 5.74) is 1.73. The number of hydrogen-bond acceptors (Lipinski definition) is 3. The molecule has 0 saturated heterocycles. The smallest absolute Gasteiger partial charge is 0.136 e. The summed E-state index contributed by atoms with van der Waals surface area (Å²) in [7, 11) is 0. The molecule has 0 saturated carbocycles. The molecule has 0 atom stereocenters. The van der Waals surface area contributed by atoms with Crippen molar-refractivity contribution in [2.75, 3.05) is 0 Å². The normalized spacial score (nSPS) is 9.21. The summed E-state index contributed by atoms with van der Waals surface area (Å²) in [6.07, 6.45) is 0. The van der Waals surface area contributed by atoms with Crippen molar-refractivity contribution in [3.8, 4) is 11.8 Å². The Bertz CT molecular complexity index is 465. The minimum absolute atomic E-state index is 0.705. The van der Waals surface area contributed by atoms with E-state index >= 15 is 0 Å². The average Bonchev–Trinajstić information content (AvgIpc) is 2.70. The summed E-state index contributed by atoms with van der Waals surface area (Å²) in [4.78, 5) is 0. The van der Waals surface area contributed by atoms with Crippen LogP contribution in [-0.2, 0) is 0 Å². The first-order valence-corrected chi connectivity index (χ1v) is 5.90. The van der Waals surface area contributed by atoms with E-state index in [4.69, 9.17) is 0 Å². The van der Waals surface area contributed by atoms with E-state index in [-0.39, 0.29) is 0 Å². The van der Waals surface area contributed by atoms with Gasteiger partial charge >= 0.3 is 0 Å². The van der Waals surface area contributed by atoms with Crippen LogP contribution in [0.1, 0.15) is 11.3 Å². The molecule has 0 aliphatic rings. The average molecular weight is 312 g/mol. The van der Waals surface area contributed by atoms with Crippen LogP contribution in [0, 0.1) is 15.5 Å². The van der Waals surface area contributed by atoms with E-state index in [9.17, 15) is 0 Å². The maximum absolute atomic E-state index is 3.95. The summed E-state index contributed by atoms with van der Waals surface area (Å²) in [6, 6.07) is 5.75. The number of aromatic nitrogens is 2. The van der Waals surface area contributed by atoms with Crippen LogP contribution in [0.3, 0.4) is 0 Å². The van der Waals surface area contributed by atoms with Crippen LogP contribution >= 0.6 is 33.9 Å². The number of thiophene rings is 1. The van der Waals surface area contributed by atoms with Crippen molar-refractivity contribution >= 4 is 33.9 Å². The molecular weight excluding hydrogens is 307 g/mol. The van der Waals surface area contributed by atoms with Crippen LogP contribution in [0.5, 0.6) is 0 Å². The molecule has 0 bridgehead atoms. The Labute approximate surface area is 99.5 Å². The molecule has 2 rings (SSSR count). The zero-order valence-electron chi connectivity index (χ0n) is 7.07. The lowest BCUT2D eigenvalue weighted by atomic mass is 10.3. The monoisotopic (exact) mass is 312 g/mol. The second-order valence-electron chi connectivity index (χ2n) is 2.50. The molecule has 2 aromatic heterocycles. The summed E-state index contributed by atoms with van der Waals surface area (Å²) in [5.74, 6) is 5.97. The Balaban J connectivity index is 2.22. The van der Waals surface area contributed by atoms with Gasteiger partial charge in [0.25, 0.3) is 0 Å². The van der Waals surface area contributed by atoms with Gasteiger partial charge in [-0.2, -0.15) is 11.3 Å². The van der Waals surface area contributed by atoms with E-state index < -0.39 is 0 Å². The van der Waals surface area contributed by atoms with E-state index in [0.717, 1.165) is 9.26 Å². The fourth-order valence-electron chi connectivity index (χ4n) is 0.854. The lowest BCUT2D eigenvalue weighted by Gasteiger charge is -1.87. The van der Waals surface area contributed by atoms with Crippen LogP contribution in [0.4, 0.5) is 0 Å². The van der Waals surface area contributed by atoms with Crippen molar-refractivity contribution < 1.29 is 0 Å². The Morgan fingerprint density at radius 1 is 1.14 bits per heavy atom. The zero-order valence-corrected chi connectivity index (χ0v) is 10.0. The molecule has 2 nitrogen and oxygen atoms in total. The fraction of sp³-hybridized carbons (Fsp3) is 0. The summed E-state index contributed by atoms with van der Waals surface area (Å²) >= 11 is 3.75. The maximum Gasteiger partial charge on any atom is 0.136 e. The van der Waals surface area contributed by atoms with Gasteiger partial charge in [-0.25, -0.2) is 0 Å². The number of halogens is 1. The third-order valence-corrected chi connectivity index (χ3v) is 2.75. The molecular formula is C10H5IN2S. The second kappa shape index (κ2) is 4.53. The highest BCUT2D eigenvalue weighted by atomic mass is 127. The van der Waals surface area contributed by atoms with E-state index in [1.807, 2.05) is 29.0 Å². The predicted molar refractivity (Wildman–Crippen MR) is 65.0 cm³/mol. The minimum atomic E-state index is 0.705. The molecule has 0 aliphatic heterocycles. The topological polar surface area (TPSA) is 25.8 Å². The summed E-state index contributed by atoms with van der Waals surface area (Å²) < 4.78 is 0.878. The molecule has 0 unspecified atom stereocenters. The quantitative estimate of drug-likeness (QED) is 0.552. The van der Waals surface area contributed by atoms with E-state index in [1.165, 1.54) is 0 Å². The van der Waals surface area contributed by atoms with Crippen molar-refractivity contribution in [3.63, 3.8) is 0 Å². The molecule has 0 spiro atoms. The van der Waals surface area contributed by atoms with Crippen molar-refractivity contribution in [1.82, 2.24) is 10.2 Å². The lowest BCUT2D eigenvalue weighted by molar-refractivity contribution is 0.987. The molecule has 0 radical (unpaired) electrons. The Hall–Kier alpha value is -0.930. The van der Waals surface area contributed by atoms with Crippen molar-refractivity contribution in [1.29, 1.82) is 0 Å². The molecule has 0 aromatic carbocycles. The van der Waals surface area contributed by atoms with Gasteiger partial charge in [-0.05, 0) is 52.1 Å². The molecule has 14 heavy (non-hydrogen) atoms. The molecule has 0 fully saturated rings. The van der Waals surface area contributed by atoms with Crippen molar-refractivity contribution in [3.05, 3.63) is 43.9 Å². The summed E-state index contributed by atoms with van der Waals surface area (Å²) in [5, 5.41) is 11.9. The van der Waals surface area contributed by atoms with Gasteiger partial charge < -0.3 is 0 Å². The molecule has 2 aromatic rings. The van der Waals surface area contributed by atoms with Gasteiger partial charge in [0.05, 0.1) is 0 Å². The summed E-state index contributed by atoms with van der Waals surface area (Å²) in [6.45, 7) is 0. The third-order valence-electron chi connectivity index (χ3n) is 1.49. The van der Waals surface area contributed by atoms with Crippen LogP contribution in [0.15, 0.2) is 29.0 Å². The van der Waals surface area contributed by atoms with Crippen LogP contribution < -0.4 is 0 Å². The van der Waals surface area contributed by atoms with Gasteiger partial charge in [0.15, 0.2) is 0 Å². The third kappa shape index (κ3) is 2.53. The van der Waals surface area contributed by atoms with Crippen LogP contribution in [0.25, 0.3) is 0 Å².